The first-order valence-corrected chi connectivity index (χ1v) is 11.0. The minimum Gasteiger partial charge on any atom is -0.218 e. The normalized spacial score (nSPS) is 14.5. The van der Waals surface area contributed by atoms with Gasteiger partial charge in [-0.1, -0.05) is 53.0 Å². The van der Waals surface area contributed by atoms with Crippen LogP contribution in [0.15, 0.2) is 54.0 Å². The molecule has 0 amide bonds. The lowest BCUT2D eigenvalue weighted by molar-refractivity contribution is 0.855. The molecule has 0 N–H and O–H groups in total. The van der Waals surface area contributed by atoms with Crippen LogP contribution in [-0.4, -0.2) is 14.8 Å². The zero-order valence-corrected chi connectivity index (χ0v) is 18.2. The molecule has 144 valence electrons. The molecule has 29 heavy (non-hydrogen) atoms. The molecule has 0 atom stereocenters. The Morgan fingerprint density at radius 2 is 1.79 bits per heavy atom. The van der Waals surface area contributed by atoms with Gasteiger partial charge in [0.2, 0.25) is 5.13 Å². The van der Waals surface area contributed by atoms with Gasteiger partial charge in [-0.25, -0.2) is 9.67 Å². The van der Waals surface area contributed by atoms with Gasteiger partial charge in [0.05, 0.1) is 27.6 Å². The summed E-state index contributed by atoms with van der Waals surface area (Å²) >= 11 is 19.8. The molecule has 3 nitrogen and oxygen atoms in total. The number of aryl methyl sites for hydroxylation is 1. The number of fused-ring (bicyclic) bond motifs is 1. The average Bonchev–Trinajstić information content (AvgIpc) is 3.43. The molecule has 2 aromatic heterocycles. The van der Waals surface area contributed by atoms with Crippen LogP contribution in [-0.2, 0) is 6.42 Å². The molecule has 2 aromatic carbocycles. The third-order valence-corrected chi connectivity index (χ3v) is 6.72. The molecule has 0 fully saturated rings. The molecular formula is C22H14Cl3N3S. The minimum atomic E-state index is 0.520. The van der Waals surface area contributed by atoms with E-state index < -0.39 is 0 Å². The lowest BCUT2D eigenvalue weighted by atomic mass is 10.1. The molecule has 0 aliphatic heterocycles. The molecule has 1 aliphatic rings. The predicted octanol–water partition coefficient (Wildman–Crippen LogP) is 7.44. The van der Waals surface area contributed by atoms with E-state index in [9.17, 15) is 0 Å². The van der Waals surface area contributed by atoms with Crippen molar-refractivity contribution in [1.82, 2.24) is 14.8 Å². The number of nitrogens with zero attached hydrogens (tertiary/aromatic N) is 3. The molecule has 2 heterocycles. The van der Waals surface area contributed by atoms with Crippen molar-refractivity contribution in [1.29, 1.82) is 0 Å². The van der Waals surface area contributed by atoms with Crippen LogP contribution in [0.5, 0.6) is 0 Å². The van der Waals surface area contributed by atoms with Crippen LogP contribution < -0.4 is 0 Å². The fourth-order valence-electron chi connectivity index (χ4n) is 3.49. The number of allylic oxidation sites excluding steroid dienone is 1. The number of rotatable bonds is 3. The highest BCUT2D eigenvalue weighted by molar-refractivity contribution is 7.12. The maximum Gasteiger partial charge on any atom is 0.211 e. The van der Waals surface area contributed by atoms with Crippen molar-refractivity contribution in [3.8, 4) is 16.4 Å². The smallest absolute Gasteiger partial charge is 0.211 e. The summed E-state index contributed by atoms with van der Waals surface area (Å²) in [6.07, 6.45) is 6.12. The highest BCUT2D eigenvalue weighted by atomic mass is 35.5. The molecular weight excluding hydrogens is 445 g/mol. The van der Waals surface area contributed by atoms with Crippen molar-refractivity contribution in [2.45, 2.75) is 12.8 Å². The number of halogens is 3. The number of hydrogen-bond acceptors (Lipinski definition) is 3. The second-order valence-corrected chi connectivity index (χ2v) is 8.88. The third kappa shape index (κ3) is 3.62. The zero-order chi connectivity index (χ0) is 20.0. The Morgan fingerprint density at radius 3 is 2.59 bits per heavy atom. The van der Waals surface area contributed by atoms with Crippen LogP contribution in [0.3, 0.4) is 0 Å². The highest BCUT2D eigenvalue weighted by Gasteiger charge is 2.24. The molecule has 7 heteroatoms. The largest absolute Gasteiger partial charge is 0.218 e. The Bertz CT molecular complexity index is 1240. The number of aromatic nitrogens is 3. The molecule has 5 rings (SSSR count). The van der Waals surface area contributed by atoms with E-state index in [1.807, 2.05) is 52.7 Å². The van der Waals surface area contributed by atoms with E-state index in [0.717, 1.165) is 45.5 Å². The maximum atomic E-state index is 6.16. The van der Waals surface area contributed by atoms with Gasteiger partial charge in [-0.3, -0.25) is 0 Å². The van der Waals surface area contributed by atoms with Gasteiger partial charge < -0.3 is 0 Å². The molecule has 4 aromatic rings. The summed E-state index contributed by atoms with van der Waals surface area (Å²) in [6, 6.07) is 13.4. The van der Waals surface area contributed by atoms with E-state index in [0.29, 0.717) is 10.0 Å². The van der Waals surface area contributed by atoms with E-state index in [1.165, 1.54) is 11.1 Å². The van der Waals surface area contributed by atoms with Crippen LogP contribution in [0.25, 0.3) is 28.0 Å². The number of hydrogen-bond donors (Lipinski definition) is 0. The predicted molar refractivity (Wildman–Crippen MR) is 122 cm³/mol. The molecule has 0 saturated carbocycles. The van der Waals surface area contributed by atoms with Crippen LogP contribution >= 0.6 is 46.1 Å². The monoisotopic (exact) mass is 457 g/mol. The van der Waals surface area contributed by atoms with E-state index >= 15 is 0 Å². The summed E-state index contributed by atoms with van der Waals surface area (Å²) < 4.78 is 1.94. The van der Waals surface area contributed by atoms with Gasteiger partial charge in [0.25, 0.3) is 0 Å². The Kier molecular flexibility index (Phi) is 4.96. The molecule has 1 aliphatic carbocycles. The van der Waals surface area contributed by atoms with Gasteiger partial charge in [-0.05, 0) is 59.9 Å². The fraction of sp³-hybridized carbons (Fsp3) is 0.0909. The number of benzene rings is 2. The quantitative estimate of drug-likeness (QED) is 0.319. The van der Waals surface area contributed by atoms with E-state index in [4.69, 9.17) is 39.8 Å². The van der Waals surface area contributed by atoms with Crippen LogP contribution in [0.2, 0.25) is 15.1 Å². The van der Waals surface area contributed by atoms with Crippen molar-refractivity contribution >= 4 is 57.8 Å². The van der Waals surface area contributed by atoms with Crippen LogP contribution in [0.1, 0.15) is 23.2 Å². The van der Waals surface area contributed by atoms with E-state index in [1.54, 1.807) is 17.4 Å². The maximum absolute atomic E-state index is 6.16. The topological polar surface area (TPSA) is 30.7 Å². The summed E-state index contributed by atoms with van der Waals surface area (Å²) in [6.45, 7) is 0. The van der Waals surface area contributed by atoms with Crippen LogP contribution in [0.4, 0.5) is 0 Å². The summed E-state index contributed by atoms with van der Waals surface area (Å²) in [7, 11) is 0. The first kappa shape index (κ1) is 18.9. The van der Waals surface area contributed by atoms with E-state index in [2.05, 4.69) is 11.2 Å². The van der Waals surface area contributed by atoms with E-state index in [-0.39, 0.29) is 0 Å². The summed E-state index contributed by atoms with van der Waals surface area (Å²) in [5.74, 6) is 0. The SMILES string of the molecule is Clc1ccc(C=C2CCc3cnn(-c4nc(-c5ccc(Cl)c(Cl)c5)cs4)c32)cc1. The molecule has 0 unspecified atom stereocenters. The average molecular weight is 459 g/mol. The number of thiazole rings is 1. The Morgan fingerprint density at radius 1 is 0.966 bits per heavy atom. The van der Waals surface area contributed by atoms with Crippen molar-refractivity contribution in [2.24, 2.45) is 0 Å². The lowest BCUT2D eigenvalue weighted by Gasteiger charge is -2.05. The molecule has 0 spiro atoms. The zero-order valence-electron chi connectivity index (χ0n) is 15.1. The Hall–Kier alpha value is -2.11. The second-order valence-electron chi connectivity index (χ2n) is 6.80. The Labute approximate surface area is 187 Å². The first-order chi connectivity index (χ1) is 14.1. The van der Waals surface area contributed by atoms with Gasteiger partial charge >= 0.3 is 0 Å². The van der Waals surface area contributed by atoms with Gasteiger partial charge in [-0.15, -0.1) is 11.3 Å². The molecule has 0 bridgehead atoms. The van der Waals surface area contributed by atoms with Gasteiger partial charge in [-0.2, -0.15) is 5.10 Å². The van der Waals surface area contributed by atoms with Crippen LogP contribution in [0, 0.1) is 0 Å². The highest BCUT2D eigenvalue weighted by Crippen LogP contribution is 2.37. The third-order valence-electron chi connectivity index (χ3n) is 4.91. The molecule has 0 radical (unpaired) electrons. The van der Waals surface area contributed by atoms with Gasteiger partial charge in [0.1, 0.15) is 0 Å². The lowest BCUT2D eigenvalue weighted by Crippen LogP contribution is -2.00. The standard InChI is InChI=1S/C22H14Cl3N3S/c23-17-6-1-13(2-7-17)9-15-3-4-16-11-26-28(21(15)16)22-27-20(12-29-22)14-5-8-18(24)19(25)10-14/h1-2,5-12H,3-4H2. The minimum absolute atomic E-state index is 0.520. The van der Waals surface area contributed by atoms with Crippen molar-refractivity contribution in [2.75, 3.05) is 0 Å². The first-order valence-electron chi connectivity index (χ1n) is 9.03. The second kappa shape index (κ2) is 7.62. The fourth-order valence-corrected chi connectivity index (χ4v) is 4.71. The summed E-state index contributed by atoms with van der Waals surface area (Å²) in [5.41, 5.74) is 6.55. The van der Waals surface area contributed by atoms with Crippen molar-refractivity contribution in [3.05, 3.63) is 85.9 Å². The van der Waals surface area contributed by atoms with Gasteiger partial charge in [0, 0.05) is 16.0 Å². The summed E-state index contributed by atoms with van der Waals surface area (Å²) in [5, 5.41) is 9.25. The summed E-state index contributed by atoms with van der Waals surface area (Å²) in [4.78, 5) is 4.80. The van der Waals surface area contributed by atoms with Crippen molar-refractivity contribution in [3.63, 3.8) is 0 Å². The van der Waals surface area contributed by atoms with Crippen molar-refractivity contribution < 1.29 is 0 Å². The molecule has 0 saturated heterocycles. The van der Waals surface area contributed by atoms with Gasteiger partial charge in [0.15, 0.2) is 0 Å². The Balaban J connectivity index is 1.52.